The number of thioether (sulfide) groups is 1. The standard InChI is InChI=1S/C17H18N4O3S2.ClH/c1-13(22)20-14-5-7-15(8-6-14)26(23,24)19-10-12-25-17-4-2-3-16-18-9-11-21(16)17;/h2-9,11,19H,10,12H2,1H3,(H,20,22);1H. The number of pyridine rings is 1. The third-order valence-corrected chi connectivity index (χ3v) is 6.03. The van der Waals surface area contributed by atoms with E-state index in [1.165, 1.54) is 19.1 Å². The van der Waals surface area contributed by atoms with Crippen LogP contribution in [-0.4, -0.2) is 36.0 Å². The predicted octanol–water partition coefficient (Wildman–Crippen LogP) is 2.79. The van der Waals surface area contributed by atoms with Gasteiger partial charge in [-0.15, -0.1) is 24.2 Å². The Morgan fingerprint density at radius 3 is 2.63 bits per heavy atom. The van der Waals surface area contributed by atoms with Crippen molar-refractivity contribution < 1.29 is 13.2 Å². The van der Waals surface area contributed by atoms with Crippen molar-refractivity contribution in [3.8, 4) is 0 Å². The number of anilines is 1. The highest BCUT2D eigenvalue weighted by Gasteiger charge is 2.13. The summed E-state index contributed by atoms with van der Waals surface area (Å²) in [6.45, 7) is 1.69. The molecule has 0 atom stereocenters. The highest BCUT2D eigenvalue weighted by Crippen LogP contribution is 2.19. The lowest BCUT2D eigenvalue weighted by molar-refractivity contribution is -0.114. The molecule has 7 nitrogen and oxygen atoms in total. The molecule has 3 aromatic rings. The molecule has 3 rings (SSSR count). The second-order valence-corrected chi connectivity index (χ2v) is 8.35. The maximum absolute atomic E-state index is 12.3. The summed E-state index contributed by atoms with van der Waals surface area (Å²) >= 11 is 1.55. The molecule has 2 N–H and O–H groups in total. The van der Waals surface area contributed by atoms with Gasteiger partial charge in [-0.1, -0.05) is 6.07 Å². The van der Waals surface area contributed by atoms with Crippen molar-refractivity contribution in [2.24, 2.45) is 0 Å². The van der Waals surface area contributed by atoms with Crippen LogP contribution in [0.15, 0.2) is 64.8 Å². The first-order chi connectivity index (χ1) is 12.5. The minimum Gasteiger partial charge on any atom is -0.326 e. The van der Waals surface area contributed by atoms with Gasteiger partial charge in [-0.05, 0) is 36.4 Å². The van der Waals surface area contributed by atoms with Crippen molar-refractivity contribution in [2.75, 3.05) is 17.6 Å². The Bertz CT molecular complexity index is 1020. The summed E-state index contributed by atoms with van der Waals surface area (Å²) in [7, 11) is -3.59. The molecule has 0 saturated carbocycles. The van der Waals surface area contributed by atoms with E-state index in [-0.39, 0.29) is 23.2 Å². The summed E-state index contributed by atoms with van der Waals surface area (Å²) in [6, 6.07) is 11.9. The van der Waals surface area contributed by atoms with E-state index in [1.807, 2.05) is 28.8 Å². The van der Waals surface area contributed by atoms with Gasteiger partial charge in [-0.3, -0.25) is 9.20 Å². The quantitative estimate of drug-likeness (QED) is 0.447. The van der Waals surface area contributed by atoms with Crippen LogP contribution in [0.25, 0.3) is 5.65 Å². The highest BCUT2D eigenvalue weighted by molar-refractivity contribution is 7.99. The lowest BCUT2D eigenvalue weighted by atomic mass is 10.3. The van der Waals surface area contributed by atoms with Crippen molar-refractivity contribution in [1.82, 2.24) is 14.1 Å². The molecule has 0 spiro atoms. The summed E-state index contributed by atoms with van der Waals surface area (Å²) in [4.78, 5) is 15.4. The fourth-order valence-electron chi connectivity index (χ4n) is 2.37. The topological polar surface area (TPSA) is 92.6 Å². The molecule has 10 heteroatoms. The van der Waals surface area contributed by atoms with Crippen LogP contribution in [0.3, 0.4) is 0 Å². The van der Waals surface area contributed by atoms with E-state index in [0.717, 1.165) is 10.7 Å². The molecule has 2 heterocycles. The number of amides is 1. The summed E-state index contributed by atoms with van der Waals surface area (Å²) in [5.74, 6) is 0.379. The zero-order chi connectivity index (χ0) is 18.6. The zero-order valence-electron chi connectivity index (χ0n) is 14.5. The maximum Gasteiger partial charge on any atom is 0.240 e. The third kappa shape index (κ3) is 5.46. The second kappa shape index (κ2) is 9.23. The molecule has 0 unspecified atom stereocenters. The number of nitrogens with one attached hydrogen (secondary N) is 2. The SMILES string of the molecule is CC(=O)Nc1ccc(S(=O)(=O)NCCSc2cccc3nccn23)cc1.Cl. The first-order valence-electron chi connectivity index (χ1n) is 7.88. The van der Waals surface area contributed by atoms with Crippen LogP contribution in [-0.2, 0) is 14.8 Å². The average molecular weight is 427 g/mol. The number of hydrogen-bond donors (Lipinski definition) is 2. The Morgan fingerprint density at radius 1 is 1.19 bits per heavy atom. The van der Waals surface area contributed by atoms with Gasteiger partial charge in [0.1, 0.15) is 5.65 Å². The summed E-state index contributed by atoms with van der Waals surface area (Å²) in [6.07, 6.45) is 3.60. The molecule has 1 aromatic carbocycles. The average Bonchev–Trinajstić information content (AvgIpc) is 3.08. The minimum atomic E-state index is -3.59. The molecule has 0 saturated heterocycles. The van der Waals surface area contributed by atoms with E-state index >= 15 is 0 Å². The smallest absolute Gasteiger partial charge is 0.240 e. The van der Waals surface area contributed by atoms with Gasteiger partial charge in [0.2, 0.25) is 15.9 Å². The van der Waals surface area contributed by atoms with Crippen molar-refractivity contribution in [2.45, 2.75) is 16.8 Å². The van der Waals surface area contributed by atoms with E-state index in [0.29, 0.717) is 18.0 Å². The van der Waals surface area contributed by atoms with Crippen LogP contribution in [0.4, 0.5) is 5.69 Å². The largest absolute Gasteiger partial charge is 0.326 e. The number of carbonyl (C=O) groups excluding carboxylic acids is 1. The van der Waals surface area contributed by atoms with Crippen LogP contribution >= 0.6 is 24.2 Å². The lowest BCUT2D eigenvalue weighted by Gasteiger charge is -2.09. The van der Waals surface area contributed by atoms with Crippen LogP contribution in [0.2, 0.25) is 0 Å². The highest BCUT2D eigenvalue weighted by atomic mass is 35.5. The summed E-state index contributed by atoms with van der Waals surface area (Å²) < 4.78 is 29.2. The van der Waals surface area contributed by atoms with Gasteiger partial charge in [0.05, 0.1) is 9.92 Å². The predicted molar refractivity (Wildman–Crippen MR) is 109 cm³/mol. The number of nitrogens with zero attached hydrogens (tertiary/aromatic N) is 2. The van der Waals surface area contributed by atoms with Crippen LogP contribution in [0.1, 0.15) is 6.92 Å². The Balaban J connectivity index is 0.00000261. The summed E-state index contributed by atoms with van der Waals surface area (Å²) in [5, 5.41) is 3.60. The molecule has 1 amide bonds. The summed E-state index contributed by atoms with van der Waals surface area (Å²) in [5.41, 5.74) is 1.41. The number of carbonyl (C=O) groups is 1. The lowest BCUT2D eigenvalue weighted by Crippen LogP contribution is -2.26. The fraction of sp³-hybridized carbons (Fsp3) is 0.176. The van der Waals surface area contributed by atoms with E-state index < -0.39 is 10.0 Å². The van der Waals surface area contributed by atoms with Crippen LogP contribution in [0, 0.1) is 0 Å². The molecule has 0 aliphatic rings. The molecule has 0 radical (unpaired) electrons. The van der Waals surface area contributed by atoms with Gasteiger partial charge in [0.15, 0.2) is 0 Å². The Morgan fingerprint density at radius 2 is 1.93 bits per heavy atom. The molecule has 0 aliphatic heterocycles. The first-order valence-corrected chi connectivity index (χ1v) is 10.3. The molecule has 0 bridgehead atoms. The van der Waals surface area contributed by atoms with Gasteiger partial charge in [-0.2, -0.15) is 0 Å². The number of benzene rings is 1. The van der Waals surface area contributed by atoms with Crippen molar-refractivity contribution in [3.63, 3.8) is 0 Å². The van der Waals surface area contributed by atoms with E-state index in [4.69, 9.17) is 0 Å². The molecule has 0 fully saturated rings. The minimum absolute atomic E-state index is 0. The van der Waals surface area contributed by atoms with Crippen molar-refractivity contribution >= 4 is 51.4 Å². The molecular formula is C17H19ClN4O3S2. The van der Waals surface area contributed by atoms with Crippen molar-refractivity contribution in [3.05, 3.63) is 54.9 Å². The van der Waals surface area contributed by atoms with E-state index in [1.54, 1.807) is 30.1 Å². The molecule has 27 heavy (non-hydrogen) atoms. The van der Waals surface area contributed by atoms with Gasteiger partial charge >= 0.3 is 0 Å². The number of rotatable bonds is 7. The number of imidazole rings is 1. The van der Waals surface area contributed by atoms with Crippen LogP contribution in [0.5, 0.6) is 0 Å². The number of fused-ring (bicyclic) bond motifs is 1. The fourth-order valence-corrected chi connectivity index (χ4v) is 4.42. The Labute approximate surface area is 168 Å². The normalized spacial score (nSPS) is 11.1. The number of aromatic nitrogens is 2. The first kappa shape index (κ1) is 21.2. The van der Waals surface area contributed by atoms with E-state index in [2.05, 4.69) is 15.0 Å². The van der Waals surface area contributed by atoms with Crippen molar-refractivity contribution in [1.29, 1.82) is 0 Å². The number of halogens is 1. The van der Waals surface area contributed by atoms with Gasteiger partial charge in [0, 0.05) is 37.3 Å². The molecule has 0 aliphatic carbocycles. The van der Waals surface area contributed by atoms with Gasteiger partial charge < -0.3 is 5.32 Å². The molecular weight excluding hydrogens is 408 g/mol. The zero-order valence-corrected chi connectivity index (χ0v) is 16.9. The second-order valence-electron chi connectivity index (χ2n) is 5.47. The molecule has 2 aromatic heterocycles. The maximum atomic E-state index is 12.3. The van der Waals surface area contributed by atoms with E-state index in [9.17, 15) is 13.2 Å². The molecule has 144 valence electrons. The number of sulfonamides is 1. The van der Waals surface area contributed by atoms with Crippen LogP contribution < -0.4 is 10.0 Å². The Hall–Kier alpha value is -2.07. The Kier molecular flexibility index (Phi) is 7.25. The number of hydrogen-bond acceptors (Lipinski definition) is 5. The third-order valence-electron chi connectivity index (χ3n) is 3.52. The van der Waals surface area contributed by atoms with Gasteiger partial charge in [-0.25, -0.2) is 18.1 Å². The van der Waals surface area contributed by atoms with Gasteiger partial charge in [0.25, 0.3) is 0 Å². The monoisotopic (exact) mass is 426 g/mol.